The number of amides is 2. The van der Waals surface area contributed by atoms with Gasteiger partial charge in [-0.15, -0.1) is 11.3 Å². The molecule has 0 saturated heterocycles. The molecule has 0 bridgehead atoms. The van der Waals surface area contributed by atoms with Crippen molar-refractivity contribution in [2.75, 3.05) is 18.4 Å². The van der Waals surface area contributed by atoms with Crippen LogP contribution >= 0.6 is 11.3 Å². The summed E-state index contributed by atoms with van der Waals surface area (Å²) in [7, 11) is 0. The van der Waals surface area contributed by atoms with Crippen molar-refractivity contribution >= 4 is 28.3 Å². The maximum atomic E-state index is 13.1. The molecule has 1 N–H and O–H groups in total. The smallest absolute Gasteiger partial charge is 0.329 e. The van der Waals surface area contributed by atoms with Crippen LogP contribution in [0, 0.1) is 12.8 Å². The summed E-state index contributed by atoms with van der Waals surface area (Å²) < 4.78 is 39.2. The van der Waals surface area contributed by atoms with Crippen LogP contribution in [-0.4, -0.2) is 34.8 Å². The number of nitrogens with zero attached hydrogens (tertiary/aromatic N) is 2. The molecule has 2 amide bonds. The maximum Gasteiger partial charge on any atom is 0.416 e. The zero-order valence-corrected chi connectivity index (χ0v) is 17.5. The number of hydrogen-bond donors (Lipinski definition) is 1. The fraction of sp³-hybridized carbons (Fsp3) is 0.476. The summed E-state index contributed by atoms with van der Waals surface area (Å²) in [6.45, 7) is 1.92. The van der Waals surface area contributed by atoms with Gasteiger partial charge in [0.1, 0.15) is 6.54 Å². The molecule has 30 heavy (non-hydrogen) atoms. The van der Waals surface area contributed by atoms with Crippen LogP contribution < -0.4 is 5.32 Å². The first-order chi connectivity index (χ1) is 14.2. The Labute approximate surface area is 177 Å². The second-order valence-electron chi connectivity index (χ2n) is 7.61. The number of alkyl halides is 3. The Bertz CT molecular complexity index is 892. The molecule has 5 nitrogen and oxygen atoms in total. The molecule has 2 aromatic rings. The van der Waals surface area contributed by atoms with Crippen LogP contribution in [-0.2, 0) is 11.0 Å². The largest absolute Gasteiger partial charge is 0.416 e. The molecular weight excluding hydrogens is 415 g/mol. The van der Waals surface area contributed by atoms with Crippen molar-refractivity contribution in [3.63, 3.8) is 0 Å². The molecule has 1 heterocycles. The normalized spacial score (nSPS) is 15.1. The van der Waals surface area contributed by atoms with E-state index in [-0.39, 0.29) is 18.0 Å². The Hall–Kier alpha value is -2.42. The molecule has 0 spiro atoms. The van der Waals surface area contributed by atoms with Gasteiger partial charge in [0, 0.05) is 17.5 Å². The van der Waals surface area contributed by atoms with E-state index in [1.54, 1.807) is 12.3 Å². The van der Waals surface area contributed by atoms with Gasteiger partial charge >= 0.3 is 6.18 Å². The lowest BCUT2D eigenvalue weighted by Crippen LogP contribution is -2.41. The summed E-state index contributed by atoms with van der Waals surface area (Å²) in [4.78, 5) is 31.1. The SMILES string of the molecule is Cc1csc(NC(=O)CN(CC2CCCCC2)C(=O)c2cccc(C(F)(F)F)c2)n1. The first-order valence-corrected chi connectivity index (χ1v) is 10.8. The van der Waals surface area contributed by atoms with Crippen LogP contribution in [0.3, 0.4) is 0 Å². The van der Waals surface area contributed by atoms with Gasteiger partial charge in [-0.25, -0.2) is 4.98 Å². The molecule has 0 aliphatic heterocycles. The molecule has 3 rings (SSSR count). The van der Waals surface area contributed by atoms with E-state index in [9.17, 15) is 22.8 Å². The number of thiazole rings is 1. The number of anilines is 1. The standard InChI is InChI=1S/C21H24F3N3O2S/c1-14-13-30-20(25-14)26-18(28)12-27(11-15-6-3-2-4-7-15)19(29)16-8-5-9-17(10-16)21(22,23)24/h5,8-10,13,15H,2-4,6-7,11-12H2,1H3,(H,25,26,28). The Kier molecular flexibility index (Phi) is 7.12. The number of hydrogen-bond acceptors (Lipinski definition) is 4. The van der Waals surface area contributed by atoms with Crippen molar-refractivity contribution in [3.05, 3.63) is 46.5 Å². The second-order valence-corrected chi connectivity index (χ2v) is 8.47. The number of benzene rings is 1. The predicted octanol–water partition coefficient (Wildman–Crippen LogP) is 5.13. The Morgan fingerprint density at radius 3 is 2.60 bits per heavy atom. The molecule has 1 aromatic carbocycles. The molecular formula is C21H24F3N3O2S. The quantitative estimate of drug-likeness (QED) is 0.679. The van der Waals surface area contributed by atoms with Crippen molar-refractivity contribution in [3.8, 4) is 0 Å². The second kappa shape index (κ2) is 9.59. The molecule has 1 aliphatic rings. The number of carbonyl (C=O) groups excluding carboxylic acids is 2. The van der Waals surface area contributed by atoms with E-state index in [0.29, 0.717) is 11.7 Å². The van der Waals surface area contributed by atoms with Gasteiger partial charge in [0.2, 0.25) is 5.91 Å². The summed E-state index contributed by atoms with van der Waals surface area (Å²) in [6.07, 6.45) is 0.605. The molecule has 9 heteroatoms. The Morgan fingerprint density at radius 1 is 1.23 bits per heavy atom. The van der Waals surface area contributed by atoms with Crippen LogP contribution in [0.1, 0.15) is 53.7 Å². The van der Waals surface area contributed by atoms with Gasteiger partial charge in [0.25, 0.3) is 5.91 Å². The summed E-state index contributed by atoms with van der Waals surface area (Å²) in [5.41, 5.74) is -0.179. The van der Waals surface area contributed by atoms with Crippen LogP contribution in [0.4, 0.5) is 18.3 Å². The Balaban J connectivity index is 1.77. The number of rotatable bonds is 6. The Morgan fingerprint density at radius 2 is 1.97 bits per heavy atom. The van der Waals surface area contributed by atoms with E-state index in [2.05, 4.69) is 10.3 Å². The minimum absolute atomic E-state index is 0.0708. The topological polar surface area (TPSA) is 62.3 Å². The minimum Gasteiger partial charge on any atom is -0.329 e. The van der Waals surface area contributed by atoms with Crippen molar-refractivity contribution in [1.29, 1.82) is 0 Å². The first-order valence-electron chi connectivity index (χ1n) is 9.91. The maximum absolute atomic E-state index is 13.1. The van der Waals surface area contributed by atoms with Gasteiger partial charge in [0.05, 0.1) is 11.3 Å². The lowest BCUT2D eigenvalue weighted by Gasteiger charge is -2.29. The van der Waals surface area contributed by atoms with Gasteiger partial charge < -0.3 is 10.2 Å². The predicted molar refractivity (Wildman–Crippen MR) is 109 cm³/mol. The van der Waals surface area contributed by atoms with E-state index >= 15 is 0 Å². The molecule has 0 atom stereocenters. The van der Waals surface area contributed by atoms with E-state index in [4.69, 9.17) is 0 Å². The summed E-state index contributed by atoms with van der Waals surface area (Å²) in [5, 5.41) is 4.89. The van der Waals surface area contributed by atoms with E-state index in [1.165, 1.54) is 28.4 Å². The van der Waals surface area contributed by atoms with Crippen molar-refractivity contribution in [2.45, 2.75) is 45.2 Å². The van der Waals surface area contributed by atoms with E-state index < -0.39 is 23.6 Å². The fourth-order valence-electron chi connectivity index (χ4n) is 3.66. The fourth-order valence-corrected chi connectivity index (χ4v) is 4.36. The number of nitrogens with one attached hydrogen (secondary N) is 1. The average Bonchev–Trinajstić information content (AvgIpc) is 3.11. The zero-order valence-electron chi connectivity index (χ0n) is 16.7. The lowest BCUT2D eigenvalue weighted by molar-refractivity contribution is -0.137. The van der Waals surface area contributed by atoms with Gasteiger partial charge in [-0.05, 0) is 43.9 Å². The number of aryl methyl sites for hydroxylation is 1. The highest BCUT2D eigenvalue weighted by Gasteiger charge is 2.32. The number of halogens is 3. The van der Waals surface area contributed by atoms with Gasteiger partial charge in [0.15, 0.2) is 5.13 Å². The van der Waals surface area contributed by atoms with Gasteiger partial charge in [-0.3, -0.25) is 9.59 Å². The molecule has 0 unspecified atom stereocenters. The monoisotopic (exact) mass is 439 g/mol. The molecule has 1 saturated carbocycles. The summed E-state index contributed by atoms with van der Waals surface area (Å²) in [5.74, 6) is -0.749. The minimum atomic E-state index is -4.54. The third kappa shape index (κ3) is 6.04. The molecule has 1 aromatic heterocycles. The molecule has 0 radical (unpaired) electrons. The van der Waals surface area contributed by atoms with Crippen LogP contribution in [0.15, 0.2) is 29.6 Å². The van der Waals surface area contributed by atoms with E-state index in [1.807, 2.05) is 0 Å². The highest BCUT2D eigenvalue weighted by Crippen LogP contribution is 2.30. The van der Waals surface area contributed by atoms with Crippen molar-refractivity contribution in [1.82, 2.24) is 9.88 Å². The highest BCUT2D eigenvalue weighted by molar-refractivity contribution is 7.13. The molecule has 1 fully saturated rings. The van der Waals surface area contributed by atoms with Crippen LogP contribution in [0.25, 0.3) is 0 Å². The lowest BCUT2D eigenvalue weighted by atomic mass is 9.89. The van der Waals surface area contributed by atoms with Crippen LogP contribution in [0.2, 0.25) is 0 Å². The zero-order chi connectivity index (χ0) is 21.7. The average molecular weight is 440 g/mol. The van der Waals surface area contributed by atoms with Crippen molar-refractivity contribution < 1.29 is 22.8 Å². The first kappa shape index (κ1) is 22.3. The third-order valence-electron chi connectivity index (χ3n) is 5.13. The summed E-state index contributed by atoms with van der Waals surface area (Å²) >= 11 is 1.28. The summed E-state index contributed by atoms with van der Waals surface area (Å²) in [6, 6.07) is 4.35. The van der Waals surface area contributed by atoms with E-state index in [0.717, 1.165) is 49.9 Å². The third-order valence-corrected chi connectivity index (χ3v) is 6.00. The number of aromatic nitrogens is 1. The molecule has 1 aliphatic carbocycles. The number of carbonyl (C=O) groups is 2. The van der Waals surface area contributed by atoms with Crippen LogP contribution in [0.5, 0.6) is 0 Å². The van der Waals surface area contributed by atoms with Gasteiger partial charge in [-0.1, -0.05) is 25.3 Å². The molecule has 162 valence electrons. The van der Waals surface area contributed by atoms with Crippen molar-refractivity contribution in [2.24, 2.45) is 5.92 Å². The van der Waals surface area contributed by atoms with Gasteiger partial charge in [-0.2, -0.15) is 13.2 Å². The highest BCUT2D eigenvalue weighted by atomic mass is 32.1.